The van der Waals surface area contributed by atoms with Crippen LogP contribution in [0.3, 0.4) is 0 Å². The normalized spacial score (nSPS) is 16.7. The molecule has 5 rings (SSSR count). The average molecular weight is 631 g/mol. The van der Waals surface area contributed by atoms with E-state index in [9.17, 15) is 14.7 Å². The highest BCUT2D eigenvalue weighted by Crippen LogP contribution is 2.41. The van der Waals surface area contributed by atoms with Gasteiger partial charge in [-0.25, -0.2) is 10.1 Å². The van der Waals surface area contributed by atoms with Gasteiger partial charge in [0.2, 0.25) is 5.88 Å². The minimum Gasteiger partial charge on any atom is -0.481 e. The highest BCUT2D eigenvalue weighted by molar-refractivity contribution is 6.40. The summed E-state index contributed by atoms with van der Waals surface area (Å²) < 4.78 is 10.9. The number of carbonyl (C=O) groups is 1. The second-order valence-electron chi connectivity index (χ2n) is 9.49. The fourth-order valence-electron chi connectivity index (χ4n) is 4.68. The molecule has 1 unspecified atom stereocenters. The van der Waals surface area contributed by atoms with E-state index in [0.29, 0.717) is 59.5 Å². The molecule has 4 N–H and O–H groups in total. The molecule has 0 spiro atoms. The zero-order valence-electron chi connectivity index (χ0n) is 22.3. The fourth-order valence-corrected chi connectivity index (χ4v) is 5.50. The first-order valence-electron chi connectivity index (χ1n) is 12.9. The van der Waals surface area contributed by atoms with Crippen LogP contribution in [0.25, 0.3) is 22.4 Å². The second kappa shape index (κ2) is 13.2. The number of halogens is 3. The lowest BCUT2D eigenvalue weighted by molar-refractivity contribution is -0.0281. The lowest BCUT2D eigenvalue weighted by atomic mass is 10.00. The summed E-state index contributed by atoms with van der Waals surface area (Å²) in [5.74, 6) is -0.310. The molecule has 1 aliphatic rings. The largest absolute Gasteiger partial charge is 0.481 e. The van der Waals surface area contributed by atoms with Crippen molar-refractivity contribution < 1.29 is 19.4 Å². The van der Waals surface area contributed by atoms with E-state index in [2.05, 4.69) is 20.8 Å². The Balaban J connectivity index is 1.42. The molecule has 10 nitrogen and oxygen atoms in total. The number of amides is 1. The first kappa shape index (κ1) is 30.0. The van der Waals surface area contributed by atoms with E-state index in [-0.39, 0.29) is 27.3 Å². The highest BCUT2D eigenvalue weighted by atomic mass is 35.5. The molecule has 4 aromatic rings. The van der Waals surface area contributed by atoms with Crippen molar-refractivity contribution in [1.29, 1.82) is 0 Å². The minimum absolute atomic E-state index is 0.0815. The number of benzene rings is 2. The number of aliphatic hydroxyl groups is 1. The summed E-state index contributed by atoms with van der Waals surface area (Å²) in [6.07, 6.45) is 1.30. The molecule has 0 radical (unpaired) electrons. The molecule has 2 aromatic carbocycles. The Morgan fingerprint density at radius 2 is 1.83 bits per heavy atom. The third-order valence-corrected chi connectivity index (χ3v) is 7.96. The van der Waals surface area contributed by atoms with Crippen LogP contribution in [0.5, 0.6) is 5.88 Å². The number of hydrogen-bond donors (Lipinski definition) is 4. The molecule has 1 aliphatic heterocycles. The SMILES string of the molecule is COc1nc(-c2cccc(-c3cccc(NC(=O)c4c(Cl)cn[nH]c4=O)c3Cl)c2Cl)ccc1CNC1CCOC[C@@H]1O. The molecular weight excluding hydrogens is 605 g/mol. The molecule has 218 valence electrons. The highest BCUT2D eigenvalue weighted by Gasteiger charge is 2.24. The maximum absolute atomic E-state index is 12.8. The van der Waals surface area contributed by atoms with E-state index >= 15 is 0 Å². The fraction of sp³-hybridized carbons (Fsp3) is 0.241. The summed E-state index contributed by atoms with van der Waals surface area (Å²) in [6.45, 7) is 1.35. The van der Waals surface area contributed by atoms with E-state index in [4.69, 9.17) is 49.3 Å². The van der Waals surface area contributed by atoms with Crippen LogP contribution in [-0.2, 0) is 11.3 Å². The molecule has 42 heavy (non-hydrogen) atoms. The maximum Gasteiger partial charge on any atom is 0.278 e. The molecule has 3 heterocycles. The summed E-state index contributed by atoms with van der Waals surface area (Å²) in [5.41, 5.74) is 2.47. The maximum atomic E-state index is 12.8. The number of rotatable bonds is 8. The molecule has 13 heteroatoms. The van der Waals surface area contributed by atoms with Crippen molar-refractivity contribution >= 4 is 46.4 Å². The molecule has 1 fully saturated rings. The van der Waals surface area contributed by atoms with Crippen LogP contribution in [0.2, 0.25) is 15.1 Å². The molecule has 1 amide bonds. The van der Waals surface area contributed by atoms with Gasteiger partial charge < -0.3 is 25.2 Å². The Labute approximate surface area is 255 Å². The summed E-state index contributed by atoms with van der Waals surface area (Å²) >= 11 is 19.7. The number of ether oxygens (including phenoxy) is 2. The third kappa shape index (κ3) is 6.29. The molecular formula is C29H26Cl3N5O5. The number of hydrogen-bond acceptors (Lipinski definition) is 8. The van der Waals surface area contributed by atoms with Gasteiger partial charge in [0.1, 0.15) is 5.56 Å². The van der Waals surface area contributed by atoms with E-state index in [1.807, 2.05) is 24.3 Å². The zero-order valence-corrected chi connectivity index (χ0v) is 24.6. The van der Waals surface area contributed by atoms with Gasteiger partial charge >= 0.3 is 0 Å². The minimum atomic E-state index is -0.736. The Kier molecular flexibility index (Phi) is 9.42. The number of nitrogens with one attached hydrogen (secondary N) is 3. The van der Waals surface area contributed by atoms with Gasteiger partial charge in [0.05, 0.1) is 52.5 Å². The molecule has 1 saturated heterocycles. The second-order valence-corrected chi connectivity index (χ2v) is 10.7. The molecule has 0 aliphatic carbocycles. The van der Waals surface area contributed by atoms with Crippen molar-refractivity contribution in [2.45, 2.75) is 25.1 Å². The Morgan fingerprint density at radius 3 is 2.57 bits per heavy atom. The Bertz CT molecular complexity index is 1680. The van der Waals surface area contributed by atoms with Crippen LogP contribution in [-0.4, -0.2) is 58.7 Å². The van der Waals surface area contributed by atoms with Crippen LogP contribution in [0.4, 0.5) is 5.69 Å². The van der Waals surface area contributed by atoms with Gasteiger partial charge in [-0.3, -0.25) is 9.59 Å². The van der Waals surface area contributed by atoms with Crippen molar-refractivity contribution in [2.75, 3.05) is 25.6 Å². The van der Waals surface area contributed by atoms with Gasteiger partial charge in [-0.05, 0) is 18.6 Å². The Hall–Kier alpha value is -3.51. The van der Waals surface area contributed by atoms with Gasteiger partial charge in [0, 0.05) is 41.4 Å². The quantitative estimate of drug-likeness (QED) is 0.214. The average Bonchev–Trinajstić information content (AvgIpc) is 2.98. The van der Waals surface area contributed by atoms with Crippen LogP contribution in [0.1, 0.15) is 22.3 Å². The van der Waals surface area contributed by atoms with Crippen LogP contribution < -0.4 is 20.9 Å². The molecule has 2 atom stereocenters. The van der Waals surface area contributed by atoms with Crippen LogP contribution >= 0.6 is 34.8 Å². The lowest BCUT2D eigenvalue weighted by Gasteiger charge is -2.28. The number of anilines is 1. The van der Waals surface area contributed by atoms with E-state index in [0.717, 1.165) is 5.56 Å². The van der Waals surface area contributed by atoms with Gasteiger partial charge in [0.25, 0.3) is 11.5 Å². The van der Waals surface area contributed by atoms with Crippen LogP contribution in [0.15, 0.2) is 59.5 Å². The van der Waals surface area contributed by atoms with E-state index < -0.39 is 17.6 Å². The molecule has 2 aromatic heterocycles. The first-order valence-corrected chi connectivity index (χ1v) is 14.1. The summed E-state index contributed by atoms with van der Waals surface area (Å²) in [6, 6.07) is 14.2. The topological polar surface area (TPSA) is 138 Å². The predicted octanol–water partition coefficient (Wildman–Crippen LogP) is 4.96. The summed E-state index contributed by atoms with van der Waals surface area (Å²) in [5, 5.41) is 22.4. The number of aliphatic hydroxyl groups excluding tert-OH is 1. The van der Waals surface area contributed by atoms with E-state index in [1.165, 1.54) is 6.20 Å². The van der Waals surface area contributed by atoms with E-state index in [1.54, 1.807) is 31.4 Å². The zero-order chi connectivity index (χ0) is 29.8. The van der Waals surface area contributed by atoms with Gasteiger partial charge in [0.15, 0.2) is 0 Å². The van der Waals surface area contributed by atoms with Crippen molar-refractivity contribution in [3.8, 4) is 28.3 Å². The number of pyridine rings is 1. The number of carbonyl (C=O) groups excluding carboxylic acids is 1. The number of nitrogens with zero attached hydrogens (tertiary/aromatic N) is 2. The lowest BCUT2D eigenvalue weighted by Crippen LogP contribution is -2.46. The number of aromatic amines is 1. The summed E-state index contributed by atoms with van der Waals surface area (Å²) in [7, 11) is 1.55. The van der Waals surface area contributed by atoms with Crippen molar-refractivity contribution in [2.24, 2.45) is 0 Å². The van der Waals surface area contributed by atoms with Crippen LogP contribution in [0, 0.1) is 0 Å². The standard InChI is InChI=1S/C29H26Cl3N5O5/c1-41-29-15(12-33-21-10-11-42-14-23(21)38)8-9-20(36-29)18-6-2-4-16(25(18)31)17-5-3-7-22(26(17)32)35-27(39)24-19(30)13-34-37-28(24)40/h2-9,13,21,23,33,38H,10-12,14H2,1H3,(H,35,39)(H,37,40)/t21?,23-/m0/s1. The third-order valence-electron chi connectivity index (χ3n) is 6.86. The Morgan fingerprint density at radius 1 is 1.10 bits per heavy atom. The smallest absolute Gasteiger partial charge is 0.278 e. The van der Waals surface area contributed by atoms with Crippen molar-refractivity contribution in [1.82, 2.24) is 20.5 Å². The number of H-pyrrole nitrogens is 1. The first-order chi connectivity index (χ1) is 20.3. The van der Waals surface area contributed by atoms with Gasteiger partial charge in [-0.15, -0.1) is 0 Å². The van der Waals surface area contributed by atoms with Gasteiger partial charge in [-0.2, -0.15) is 5.10 Å². The van der Waals surface area contributed by atoms with Gasteiger partial charge in [-0.1, -0.05) is 71.2 Å². The molecule has 0 bridgehead atoms. The monoisotopic (exact) mass is 629 g/mol. The van der Waals surface area contributed by atoms with Crippen molar-refractivity contribution in [3.05, 3.63) is 91.3 Å². The van der Waals surface area contributed by atoms with Crippen molar-refractivity contribution in [3.63, 3.8) is 0 Å². The summed E-state index contributed by atoms with van der Waals surface area (Å²) in [4.78, 5) is 29.6. The molecule has 0 saturated carbocycles. The number of methoxy groups -OCH3 is 1. The number of aromatic nitrogens is 3. The predicted molar refractivity (Wildman–Crippen MR) is 162 cm³/mol.